The van der Waals surface area contributed by atoms with E-state index in [4.69, 9.17) is 16.3 Å². The second-order valence-electron chi connectivity index (χ2n) is 4.50. The summed E-state index contributed by atoms with van der Waals surface area (Å²) in [5, 5.41) is 10.8. The molecule has 0 saturated heterocycles. The van der Waals surface area contributed by atoms with Crippen molar-refractivity contribution < 1.29 is 9.84 Å². The van der Waals surface area contributed by atoms with E-state index in [-0.39, 0.29) is 0 Å². The van der Waals surface area contributed by atoms with E-state index in [1.54, 1.807) is 7.11 Å². The maximum absolute atomic E-state index is 10.1. The minimum Gasteiger partial charge on any atom is -0.497 e. The number of aliphatic hydroxyl groups excluding tert-OH is 1. The first-order valence-corrected chi connectivity index (χ1v) is 6.61. The molecule has 0 aliphatic carbocycles. The lowest BCUT2D eigenvalue weighted by Gasteiger charge is -2.12. The fraction of sp³-hybridized carbons (Fsp3) is 0.250. The molecular weight excluding hydrogens is 260 g/mol. The molecule has 0 bridgehead atoms. The normalized spacial score (nSPS) is 12.2. The Hall–Kier alpha value is -1.51. The third-order valence-electron chi connectivity index (χ3n) is 3.04. The number of hydrogen-bond donors (Lipinski definition) is 1. The van der Waals surface area contributed by atoms with Gasteiger partial charge in [-0.15, -0.1) is 0 Å². The first-order valence-electron chi connectivity index (χ1n) is 6.23. The summed E-state index contributed by atoms with van der Waals surface area (Å²) in [4.78, 5) is 0. The molecule has 0 aromatic heterocycles. The van der Waals surface area contributed by atoms with Crippen LogP contribution in [0.25, 0.3) is 0 Å². The van der Waals surface area contributed by atoms with Gasteiger partial charge in [0.05, 0.1) is 13.2 Å². The predicted molar refractivity (Wildman–Crippen MR) is 77.9 cm³/mol. The van der Waals surface area contributed by atoms with Crippen LogP contribution in [0.1, 0.15) is 11.1 Å². The van der Waals surface area contributed by atoms with Crippen LogP contribution in [0.4, 0.5) is 0 Å². The SMILES string of the molecule is COc1ccc(CC(O)Cc2ccccc2Cl)cc1. The molecular formula is C16H17ClO2. The van der Waals surface area contributed by atoms with Crippen LogP contribution >= 0.6 is 11.6 Å². The lowest BCUT2D eigenvalue weighted by molar-refractivity contribution is 0.175. The summed E-state index contributed by atoms with van der Waals surface area (Å²) in [5.41, 5.74) is 2.06. The predicted octanol–water partition coefficient (Wildman–Crippen LogP) is 3.49. The van der Waals surface area contributed by atoms with Gasteiger partial charge in [-0.3, -0.25) is 0 Å². The molecule has 2 nitrogen and oxygen atoms in total. The van der Waals surface area contributed by atoms with Gasteiger partial charge in [0, 0.05) is 11.4 Å². The Morgan fingerprint density at radius 1 is 1.05 bits per heavy atom. The largest absolute Gasteiger partial charge is 0.497 e. The molecule has 3 heteroatoms. The topological polar surface area (TPSA) is 29.5 Å². The lowest BCUT2D eigenvalue weighted by atomic mass is 10.0. The van der Waals surface area contributed by atoms with Gasteiger partial charge in [0.1, 0.15) is 5.75 Å². The molecule has 100 valence electrons. The first-order chi connectivity index (χ1) is 9.19. The number of halogens is 1. The highest BCUT2D eigenvalue weighted by Gasteiger charge is 2.09. The Labute approximate surface area is 118 Å². The molecule has 0 spiro atoms. The van der Waals surface area contributed by atoms with E-state index < -0.39 is 6.10 Å². The van der Waals surface area contributed by atoms with Gasteiger partial charge < -0.3 is 9.84 Å². The van der Waals surface area contributed by atoms with Crippen molar-refractivity contribution in [2.75, 3.05) is 7.11 Å². The zero-order valence-corrected chi connectivity index (χ0v) is 11.6. The Balaban J connectivity index is 1.97. The van der Waals surface area contributed by atoms with Crippen molar-refractivity contribution in [1.29, 1.82) is 0 Å². The molecule has 0 aliphatic heterocycles. The summed E-state index contributed by atoms with van der Waals surface area (Å²) in [6, 6.07) is 15.3. The molecule has 1 N–H and O–H groups in total. The van der Waals surface area contributed by atoms with Gasteiger partial charge in [0.2, 0.25) is 0 Å². The van der Waals surface area contributed by atoms with Crippen molar-refractivity contribution in [1.82, 2.24) is 0 Å². The summed E-state index contributed by atoms with van der Waals surface area (Å²) < 4.78 is 5.11. The summed E-state index contributed by atoms with van der Waals surface area (Å²) in [7, 11) is 1.64. The number of benzene rings is 2. The second-order valence-corrected chi connectivity index (χ2v) is 4.91. The van der Waals surface area contributed by atoms with Crippen molar-refractivity contribution in [3.8, 4) is 5.75 Å². The van der Waals surface area contributed by atoms with Gasteiger partial charge in [0.15, 0.2) is 0 Å². The third-order valence-corrected chi connectivity index (χ3v) is 3.41. The molecule has 0 amide bonds. The van der Waals surface area contributed by atoms with Gasteiger partial charge >= 0.3 is 0 Å². The monoisotopic (exact) mass is 276 g/mol. The maximum atomic E-state index is 10.1. The van der Waals surface area contributed by atoms with Gasteiger partial charge in [-0.1, -0.05) is 41.9 Å². The van der Waals surface area contributed by atoms with Crippen LogP contribution in [-0.4, -0.2) is 18.3 Å². The minimum absolute atomic E-state index is 0.437. The Morgan fingerprint density at radius 2 is 1.74 bits per heavy atom. The van der Waals surface area contributed by atoms with Crippen molar-refractivity contribution in [2.45, 2.75) is 18.9 Å². The van der Waals surface area contributed by atoms with Crippen molar-refractivity contribution in [3.63, 3.8) is 0 Å². The highest BCUT2D eigenvalue weighted by atomic mass is 35.5. The molecule has 1 unspecified atom stereocenters. The molecule has 0 aliphatic rings. The Kier molecular flexibility index (Phi) is 4.83. The summed E-state index contributed by atoms with van der Waals surface area (Å²) in [5.74, 6) is 0.823. The van der Waals surface area contributed by atoms with E-state index >= 15 is 0 Å². The van der Waals surface area contributed by atoms with Crippen molar-refractivity contribution in [2.24, 2.45) is 0 Å². The summed E-state index contributed by atoms with van der Waals surface area (Å²) in [6.45, 7) is 0. The molecule has 19 heavy (non-hydrogen) atoms. The van der Waals surface area contributed by atoms with Gasteiger partial charge in [-0.2, -0.15) is 0 Å². The molecule has 0 radical (unpaired) electrons. The molecule has 0 heterocycles. The van der Waals surface area contributed by atoms with Crippen LogP contribution in [0.15, 0.2) is 48.5 Å². The third kappa shape index (κ3) is 3.98. The molecule has 2 rings (SSSR count). The average Bonchev–Trinajstić information content (AvgIpc) is 2.42. The highest BCUT2D eigenvalue weighted by molar-refractivity contribution is 6.31. The fourth-order valence-corrected chi connectivity index (χ4v) is 2.24. The van der Waals surface area contributed by atoms with Crippen LogP contribution in [0, 0.1) is 0 Å². The number of rotatable bonds is 5. The number of hydrogen-bond acceptors (Lipinski definition) is 2. The highest BCUT2D eigenvalue weighted by Crippen LogP contribution is 2.19. The minimum atomic E-state index is -0.437. The summed E-state index contributed by atoms with van der Waals surface area (Å²) in [6.07, 6.45) is 0.731. The van der Waals surface area contributed by atoms with E-state index in [9.17, 15) is 5.11 Å². The van der Waals surface area contributed by atoms with E-state index in [0.29, 0.717) is 17.9 Å². The van der Waals surface area contributed by atoms with Gasteiger partial charge in [-0.05, 0) is 35.7 Å². The maximum Gasteiger partial charge on any atom is 0.118 e. The summed E-state index contributed by atoms with van der Waals surface area (Å²) >= 11 is 6.08. The molecule has 0 fully saturated rings. The van der Waals surface area contributed by atoms with Gasteiger partial charge in [-0.25, -0.2) is 0 Å². The van der Waals surface area contributed by atoms with Crippen LogP contribution in [0.3, 0.4) is 0 Å². The Bertz CT molecular complexity index is 523. The number of ether oxygens (including phenoxy) is 1. The molecule has 0 saturated carbocycles. The van der Waals surface area contributed by atoms with E-state index in [2.05, 4.69) is 0 Å². The lowest BCUT2D eigenvalue weighted by Crippen LogP contribution is -2.14. The van der Waals surface area contributed by atoms with E-state index in [1.165, 1.54) is 0 Å². The fourth-order valence-electron chi connectivity index (χ4n) is 2.02. The van der Waals surface area contributed by atoms with Crippen molar-refractivity contribution in [3.05, 3.63) is 64.7 Å². The van der Waals surface area contributed by atoms with Gasteiger partial charge in [0.25, 0.3) is 0 Å². The van der Waals surface area contributed by atoms with Crippen LogP contribution < -0.4 is 4.74 Å². The van der Waals surface area contributed by atoms with Crippen LogP contribution in [0.5, 0.6) is 5.75 Å². The van der Waals surface area contributed by atoms with Crippen molar-refractivity contribution >= 4 is 11.6 Å². The number of methoxy groups -OCH3 is 1. The van der Waals surface area contributed by atoms with E-state index in [1.807, 2.05) is 48.5 Å². The molecule has 2 aromatic carbocycles. The quantitative estimate of drug-likeness (QED) is 0.906. The average molecular weight is 277 g/mol. The second kappa shape index (κ2) is 6.60. The first kappa shape index (κ1) is 13.9. The van der Waals surface area contributed by atoms with E-state index in [0.717, 1.165) is 16.9 Å². The van der Waals surface area contributed by atoms with Crippen LogP contribution in [-0.2, 0) is 12.8 Å². The smallest absolute Gasteiger partial charge is 0.118 e. The molecule has 1 atom stereocenters. The zero-order valence-electron chi connectivity index (χ0n) is 10.8. The number of aliphatic hydroxyl groups is 1. The van der Waals surface area contributed by atoms with Crippen LogP contribution in [0.2, 0.25) is 5.02 Å². The zero-order chi connectivity index (χ0) is 13.7. The Morgan fingerprint density at radius 3 is 2.37 bits per heavy atom. The standard InChI is InChI=1S/C16H17ClO2/c1-19-15-8-6-12(7-9-15)10-14(18)11-13-4-2-3-5-16(13)17/h2-9,14,18H,10-11H2,1H3. The molecule has 2 aromatic rings.